The highest BCUT2D eigenvalue weighted by Crippen LogP contribution is 2.08. The first-order chi connectivity index (χ1) is 11.8. The Morgan fingerprint density at radius 2 is 1.76 bits per heavy atom. The van der Waals surface area contributed by atoms with Crippen molar-refractivity contribution in [2.75, 3.05) is 20.1 Å². The van der Waals surface area contributed by atoms with E-state index in [-0.39, 0.29) is 18.2 Å². The van der Waals surface area contributed by atoms with Gasteiger partial charge in [-0.15, -0.1) is 0 Å². The fraction of sp³-hybridized carbons (Fsp3) is 0.632. The van der Waals surface area contributed by atoms with Gasteiger partial charge in [0.25, 0.3) is 0 Å². The van der Waals surface area contributed by atoms with Gasteiger partial charge in [0.2, 0.25) is 11.8 Å². The minimum atomic E-state index is -0.513. The molecule has 0 aliphatic heterocycles. The normalized spacial score (nSPS) is 12.3. The van der Waals surface area contributed by atoms with Crippen LogP contribution in [0.4, 0.5) is 0 Å². The van der Waals surface area contributed by atoms with Gasteiger partial charge in [-0.3, -0.25) is 14.6 Å². The first-order valence-electron chi connectivity index (χ1n) is 8.96. The molecule has 0 aliphatic rings. The monoisotopic (exact) mass is 348 g/mol. The summed E-state index contributed by atoms with van der Waals surface area (Å²) < 4.78 is 0. The summed E-state index contributed by atoms with van der Waals surface area (Å²) in [7, 11) is 1.72. The molecule has 0 saturated heterocycles. The summed E-state index contributed by atoms with van der Waals surface area (Å²) in [5.74, 6) is 0.599. The van der Waals surface area contributed by atoms with Gasteiger partial charge in [-0.2, -0.15) is 0 Å². The van der Waals surface area contributed by atoms with Crippen molar-refractivity contribution >= 4 is 11.8 Å². The van der Waals surface area contributed by atoms with E-state index in [0.29, 0.717) is 31.5 Å². The second-order valence-corrected chi connectivity index (χ2v) is 7.17. The Kier molecular flexibility index (Phi) is 9.13. The highest BCUT2D eigenvalue weighted by Gasteiger charge is 2.26. The molecule has 0 aromatic carbocycles. The van der Waals surface area contributed by atoms with Crippen LogP contribution in [-0.2, 0) is 16.1 Å². The van der Waals surface area contributed by atoms with E-state index in [0.717, 1.165) is 5.69 Å². The van der Waals surface area contributed by atoms with Crippen molar-refractivity contribution in [1.82, 2.24) is 20.5 Å². The summed E-state index contributed by atoms with van der Waals surface area (Å²) in [6.45, 7) is 10.1. The van der Waals surface area contributed by atoms with Gasteiger partial charge in [0.05, 0.1) is 24.7 Å². The standard InChI is InChI=1S/C19H32N4O2/c1-14(2)12-23(13-15(3)4)19(25)17(20-5)10-18(24)22-11-16-8-6-7-9-21-16/h6-9,14-15,17,20H,10-13H2,1-5H3,(H,22,24)/t17-/m0/s1. The Balaban J connectivity index is 2.61. The number of aromatic nitrogens is 1. The lowest BCUT2D eigenvalue weighted by molar-refractivity contribution is -0.137. The number of likely N-dealkylation sites (N-methyl/N-ethyl adjacent to an activating group) is 1. The van der Waals surface area contributed by atoms with E-state index >= 15 is 0 Å². The maximum atomic E-state index is 12.8. The van der Waals surface area contributed by atoms with Gasteiger partial charge in [0, 0.05) is 19.3 Å². The second-order valence-electron chi connectivity index (χ2n) is 7.17. The molecule has 1 aromatic heterocycles. The average molecular weight is 348 g/mol. The molecular formula is C19H32N4O2. The van der Waals surface area contributed by atoms with Gasteiger partial charge in [-0.05, 0) is 31.0 Å². The molecule has 1 heterocycles. The summed E-state index contributed by atoms with van der Waals surface area (Å²) in [4.78, 5) is 31.1. The number of pyridine rings is 1. The molecular weight excluding hydrogens is 316 g/mol. The maximum Gasteiger partial charge on any atom is 0.240 e. The van der Waals surface area contributed by atoms with Crippen LogP contribution in [0, 0.1) is 11.8 Å². The van der Waals surface area contributed by atoms with Crippen molar-refractivity contribution in [3.05, 3.63) is 30.1 Å². The topological polar surface area (TPSA) is 74.3 Å². The average Bonchev–Trinajstić information content (AvgIpc) is 2.56. The zero-order valence-electron chi connectivity index (χ0n) is 16.1. The minimum Gasteiger partial charge on any atom is -0.350 e. The molecule has 1 aromatic rings. The van der Waals surface area contributed by atoms with Crippen LogP contribution in [0.5, 0.6) is 0 Å². The molecule has 0 radical (unpaired) electrons. The highest BCUT2D eigenvalue weighted by molar-refractivity contribution is 5.88. The number of rotatable bonds is 10. The smallest absolute Gasteiger partial charge is 0.240 e. The molecule has 2 amide bonds. The summed E-state index contributed by atoms with van der Waals surface area (Å²) >= 11 is 0. The molecule has 0 bridgehead atoms. The predicted molar refractivity (Wildman–Crippen MR) is 99.8 cm³/mol. The second kappa shape index (κ2) is 10.8. The van der Waals surface area contributed by atoms with Gasteiger partial charge in [-0.25, -0.2) is 0 Å². The van der Waals surface area contributed by atoms with E-state index in [9.17, 15) is 9.59 Å². The summed E-state index contributed by atoms with van der Waals surface area (Å²) in [5.41, 5.74) is 0.796. The van der Waals surface area contributed by atoms with E-state index in [1.807, 2.05) is 23.1 Å². The highest BCUT2D eigenvalue weighted by atomic mass is 16.2. The molecule has 0 spiro atoms. The third-order valence-electron chi connectivity index (χ3n) is 3.71. The van der Waals surface area contributed by atoms with E-state index in [1.165, 1.54) is 0 Å². The van der Waals surface area contributed by atoms with Crippen LogP contribution in [0.25, 0.3) is 0 Å². The number of nitrogens with one attached hydrogen (secondary N) is 2. The number of nitrogens with zero attached hydrogens (tertiary/aromatic N) is 2. The van der Waals surface area contributed by atoms with Crippen LogP contribution in [-0.4, -0.2) is 47.9 Å². The number of hydrogen-bond acceptors (Lipinski definition) is 4. The molecule has 1 rings (SSSR count). The predicted octanol–water partition coefficient (Wildman–Crippen LogP) is 1.82. The fourth-order valence-electron chi connectivity index (χ4n) is 2.62. The Hall–Kier alpha value is -1.95. The number of amides is 2. The number of carbonyl (C=O) groups is 2. The van der Waals surface area contributed by atoms with Gasteiger partial charge in [0.1, 0.15) is 0 Å². The lowest BCUT2D eigenvalue weighted by Crippen LogP contribution is -2.49. The molecule has 25 heavy (non-hydrogen) atoms. The molecule has 0 saturated carbocycles. The van der Waals surface area contributed by atoms with Gasteiger partial charge < -0.3 is 15.5 Å². The van der Waals surface area contributed by atoms with E-state index in [4.69, 9.17) is 0 Å². The first-order valence-corrected chi connectivity index (χ1v) is 8.96. The SMILES string of the molecule is CN[C@@H](CC(=O)NCc1ccccn1)C(=O)N(CC(C)C)CC(C)C. The van der Waals surface area contributed by atoms with Crippen molar-refractivity contribution in [2.45, 2.75) is 46.7 Å². The van der Waals surface area contributed by atoms with Crippen LogP contribution >= 0.6 is 0 Å². The maximum absolute atomic E-state index is 12.8. The summed E-state index contributed by atoms with van der Waals surface area (Å²) in [5, 5.41) is 5.82. The number of hydrogen-bond donors (Lipinski definition) is 2. The van der Waals surface area contributed by atoms with Gasteiger partial charge in [-0.1, -0.05) is 33.8 Å². The Morgan fingerprint density at radius 1 is 1.12 bits per heavy atom. The minimum absolute atomic E-state index is 0.0158. The first kappa shape index (κ1) is 21.1. The molecule has 140 valence electrons. The van der Waals surface area contributed by atoms with Gasteiger partial charge >= 0.3 is 0 Å². The van der Waals surface area contributed by atoms with Crippen LogP contribution in [0.3, 0.4) is 0 Å². The van der Waals surface area contributed by atoms with Crippen LogP contribution < -0.4 is 10.6 Å². The molecule has 0 aliphatic carbocycles. The van der Waals surface area contributed by atoms with Crippen LogP contribution in [0.1, 0.15) is 39.8 Å². The van der Waals surface area contributed by atoms with Crippen LogP contribution in [0.2, 0.25) is 0 Å². The summed E-state index contributed by atoms with van der Waals surface area (Å²) in [6.07, 6.45) is 1.81. The van der Waals surface area contributed by atoms with Gasteiger partial charge in [0.15, 0.2) is 0 Å². The van der Waals surface area contributed by atoms with Crippen molar-refractivity contribution in [1.29, 1.82) is 0 Å². The molecule has 6 nitrogen and oxygen atoms in total. The van der Waals surface area contributed by atoms with Crippen molar-refractivity contribution < 1.29 is 9.59 Å². The zero-order chi connectivity index (χ0) is 18.8. The fourth-order valence-corrected chi connectivity index (χ4v) is 2.62. The van der Waals surface area contributed by atoms with E-state index in [1.54, 1.807) is 13.2 Å². The molecule has 2 N–H and O–H groups in total. The summed E-state index contributed by atoms with van der Waals surface area (Å²) in [6, 6.07) is 5.05. The largest absolute Gasteiger partial charge is 0.350 e. The Bertz CT molecular complexity index is 521. The lowest BCUT2D eigenvalue weighted by atomic mass is 10.1. The quantitative estimate of drug-likeness (QED) is 0.676. The third kappa shape index (κ3) is 8.12. The Labute approximate surface area is 151 Å². The van der Waals surface area contributed by atoms with Crippen LogP contribution in [0.15, 0.2) is 24.4 Å². The number of carbonyl (C=O) groups excluding carboxylic acids is 2. The molecule has 6 heteroatoms. The molecule has 0 fully saturated rings. The van der Waals surface area contributed by atoms with Crippen molar-refractivity contribution in [3.8, 4) is 0 Å². The van der Waals surface area contributed by atoms with Crippen molar-refractivity contribution in [2.24, 2.45) is 11.8 Å². The Morgan fingerprint density at radius 3 is 2.24 bits per heavy atom. The lowest BCUT2D eigenvalue weighted by Gasteiger charge is -2.30. The molecule has 1 atom stereocenters. The van der Waals surface area contributed by atoms with E-state index in [2.05, 4.69) is 43.3 Å². The zero-order valence-corrected chi connectivity index (χ0v) is 16.1. The third-order valence-corrected chi connectivity index (χ3v) is 3.71. The van der Waals surface area contributed by atoms with Crippen molar-refractivity contribution in [3.63, 3.8) is 0 Å². The van der Waals surface area contributed by atoms with E-state index < -0.39 is 6.04 Å². The molecule has 0 unspecified atom stereocenters.